The predicted octanol–water partition coefficient (Wildman–Crippen LogP) is 4.30. The summed E-state index contributed by atoms with van der Waals surface area (Å²) in [6, 6.07) is 14.4. The lowest BCUT2D eigenvalue weighted by atomic mass is 9.96. The van der Waals surface area contributed by atoms with Crippen LogP contribution in [0.4, 0.5) is 0 Å². The van der Waals surface area contributed by atoms with Crippen molar-refractivity contribution in [3.8, 4) is 0 Å². The lowest BCUT2D eigenvalue weighted by Gasteiger charge is -2.15. The van der Waals surface area contributed by atoms with Crippen molar-refractivity contribution in [2.24, 2.45) is 4.99 Å². The Hall–Kier alpha value is -2.48. The molecule has 0 aliphatic carbocycles. The van der Waals surface area contributed by atoms with E-state index in [1.165, 1.54) is 11.1 Å². The van der Waals surface area contributed by atoms with Crippen LogP contribution in [0.5, 0.6) is 0 Å². The summed E-state index contributed by atoms with van der Waals surface area (Å²) in [7, 11) is 0. The summed E-state index contributed by atoms with van der Waals surface area (Å²) < 4.78 is 0. The maximum absolute atomic E-state index is 4.68. The van der Waals surface area contributed by atoms with Crippen LogP contribution in [0.25, 0.3) is 6.08 Å². The molecule has 1 aliphatic heterocycles. The average Bonchev–Trinajstić information content (AvgIpc) is 2.57. The van der Waals surface area contributed by atoms with Crippen molar-refractivity contribution in [3.05, 3.63) is 83.7 Å². The molecule has 0 radical (unpaired) electrons. The Bertz CT molecular complexity index is 667. The number of aliphatic imine (C=N–C) groups is 1. The minimum atomic E-state index is 0.907. The molecule has 0 atom stereocenters. The predicted molar refractivity (Wildman–Crippen MR) is 88.4 cm³/mol. The largest absolute Gasteiger partial charge is 0.284 e. The Labute approximate surface area is 125 Å². The molecule has 3 rings (SSSR count). The van der Waals surface area contributed by atoms with Gasteiger partial charge in [0.15, 0.2) is 0 Å². The number of nitrogens with zero attached hydrogens (tertiary/aromatic N) is 2. The molecule has 0 N–H and O–H groups in total. The van der Waals surface area contributed by atoms with Crippen LogP contribution in [-0.2, 0) is 0 Å². The summed E-state index contributed by atoms with van der Waals surface area (Å²) in [5.41, 5.74) is 4.70. The van der Waals surface area contributed by atoms with Gasteiger partial charge in [0.25, 0.3) is 0 Å². The van der Waals surface area contributed by atoms with Gasteiger partial charge in [-0.05, 0) is 36.1 Å². The molecule has 0 saturated heterocycles. The Kier molecular flexibility index (Phi) is 4.37. The van der Waals surface area contributed by atoms with Crippen LogP contribution in [0.15, 0.2) is 77.6 Å². The first-order valence-electron chi connectivity index (χ1n) is 7.31. The van der Waals surface area contributed by atoms with Crippen molar-refractivity contribution in [2.75, 3.05) is 6.54 Å². The second-order valence-corrected chi connectivity index (χ2v) is 5.04. The molecular formula is C19H18N2. The summed E-state index contributed by atoms with van der Waals surface area (Å²) >= 11 is 0. The Morgan fingerprint density at radius 3 is 2.71 bits per heavy atom. The molecule has 0 saturated carbocycles. The average molecular weight is 274 g/mol. The third kappa shape index (κ3) is 3.54. The number of hydrogen-bond acceptors (Lipinski definition) is 2. The highest BCUT2D eigenvalue weighted by atomic mass is 14.8. The highest BCUT2D eigenvalue weighted by Gasteiger charge is 2.12. The SMILES string of the molecule is C(=C\c1ccccc1)/C=C1\CCCN=C1c1cccnc1. The van der Waals surface area contributed by atoms with Gasteiger partial charge in [-0.25, -0.2) is 0 Å². The first kappa shape index (κ1) is 13.5. The fourth-order valence-corrected chi connectivity index (χ4v) is 2.46. The van der Waals surface area contributed by atoms with E-state index in [9.17, 15) is 0 Å². The van der Waals surface area contributed by atoms with Crippen molar-refractivity contribution < 1.29 is 0 Å². The standard InChI is InChI=1S/C19H18N2/c1-2-7-16(8-3-1)9-4-10-17-11-6-14-21-19(17)18-12-5-13-20-15-18/h1-5,7-10,12-13,15H,6,11,14H2/b9-4+,17-10+. The number of rotatable bonds is 3. The lowest BCUT2D eigenvalue weighted by Crippen LogP contribution is -2.11. The van der Waals surface area contributed by atoms with Gasteiger partial charge in [-0.15, -0.1) is 0 Å². The molecule has 21 heavy (non-hydrogen) atoms. The van der Waals surface area contributed by atoms with E-state index in [1.807, 2.05) is 18.3 Å². The number of hydrogen-bond donors (Lipinski definition) is 0. The van der Waals surface area contributed by atoms with Crippen LogP contribution in [-0.4, -0.2) is 17.2 Å². The second-order valence-electron chi connectivity index (χ2n) is 5.04. The van der Waals surface area contributed by atoms with Gasteiger partial charge in [-0.2, -0.15) is 0 Å². The van der Waals surface area contributed by atoms with Gasteiger partial charge >= 0.3 is 0 Å². The highest BCUT2D eigenvalue weighted by molar-refractivity contribution is 6.13. The quantitative estimate of drug-likeness (QED) is 0.819. The molecular weight excluding hydrogens is 256 g/mol. The molecule has 104 valence electrons. The third-order valence-electron chi connectivity index (χ3n) is 3.50. The van der Waals surface area contributed by atoms with E-state index in [0.717, 1.165) is 30.7 Å². The van der Waals surface area contributed by atoms with Crippen molar-refractivity contribution in [1.29, 1.82) is 0 Å². The molecule has 2 nitrogen and oxygen atoms in total. The lowest BCUT2D eigenvalue weighted by molar-refractivity contribution is 0.815. The molecule has 1 aromatic carbocycles. The summed E-state index contributed by atoms with van der Waals surface area (Å²) in [5, 5.41) is 0. The zero-order valence-corrected chi connectivity index (χ0v) is 11.9. The van der Waals surface area contributed by atoms with E-state index in [-0.39, 0.29) is 0 Å². The van der Waals surface area contributed by atoms with Gasteiger partial charge in [0.05, 0.1) is 5.71 Å². The van der Waals surface area contributed by atoms with Crippen LogP contribution >= 0.6 is 0 Å². The summed E-state index contributed by atoms with van der Waals surface area (Å²) in [6.07, 6.45) is 12.3. The van der Waals surface area contributed by atoms with Crippen molar-refractivity contribution in [3.63, 3.8) is 0 Å². The van der Waals surface area contributed by atoms with Crippen molar-refractivity contribution >= 4 is 11.8 Å². The fourth-order valence-electron chi connectivity index (χ4n) is 2.46. The van der Waals surface area contributed by atoms with Gasteiger partial charge in [-0.1, -0.05) is 48.6 Å². The van der Waals surface area contributed by atoms with Crippen molar-refractivity contribution in [1.82, 2.24) is 4.98 Å². The Morgan fingerprint density at radius 1 is 1.00 bits per heavy atom. The molecule has 0 fully saturated rings. The van der Waals surface area contributed by atoms with E-state index < -0.39 is 0 Å². The van der Waals surface area contributed by atoms with Gasteiger partial charge in [0.1, 0.15) is 0 Å². The fraction of sp³-hybridized carbons (Fsp3) is 0.158. The number of benzene rings is 1. The van der Waals surface area contributed by atoms with Crippen LogP contribution in [0.2, 0.25) is 0 Å². The molecule has 2 heteroatoms. The van der Waals surface area contributed by atoms with Crippen LogP contribution < -0.4 is 0 Å². The highest BCUT2D eigenvalue weighted by Crippen LogP contribution is 2.19. The van der Waals surface area contributed by atoms with Gasteiger partial charge < -0.3 is 0 Å². The number of allylic oxidation sites excluding steroid dienone is 3. The first-order chi connectivity index (χ1) is 10.4. The van der Waals surface area contributed by atoms with E-state index in [4.69, 9.17) is 0 Å². The summed E-state index contributed by atoms with van der Waals surface area (Å²) in [5.74, 6) is 0. The molecule has 0 amide bonds. The molecule has 2 heterocycles. The maximum atomic E-state index is 4.68. The molecule has 2 aromatic rings. The van der Waals surface area contributed by atoms with Crippen LogP contribution in [0.3, 0.4) is 0 Å². The van der Waals surface area contributed by atoms with Gasteiger partial charge in [0.2, 0.25) is 0 Å². The summed E-state index contributed by atoms with van der Waals surface area (Å²) in [6.45, 7) is 0.907. The van der Waals surface area contributed by atoms with E-state index >= 15 is 0 Å². The maximum Gasteiger partial charge on any atom is 0.0694 e. The smallest absolute Gasteiger partial charge is 0.0694 e. The Morgan fingerprint density at radius 2 is 1.90 bits per heavy atom. The van der Waals surface area contributed by atoms with E-state index in [1.54, 1.807) is 6.20 Å². The number of aromatic nitrogens is 1. The zero-order chi connectivity index (χ0) is 14.3. The second kappa shape index (κ2) is 6.80. The molecule has 1 aromatic heterocycles. The number of pyridine rings is 1. The minimum absolute atomic E-state index is 0.907. The van der Waals surface area contributed by atoms with Gasteiger partial charge in [0, 0.05) is 24.5 Å². The van der Waals surface area contributed by atoms with Crippen molar-refractivity contribution in [2.45, 2.75) is 12.8 Å². The van der Waals surface area contributed by atoms with E-state index in [2.05, 4.69) is 58.5 Å². The minimum Gasteiger partial charge on any atom is -0.284 e. The zero-order valence-electron chi connectivity index (χ0n) is 11.9. The van der Waals surface area contributed by atoms with Crippen LogP contribution in [0, 0.1) is 0 Å². The molecule has 0 bridgehead atoms. The molecule has 1 aliphatic rings. The third-order valence-corrected chi connectivity index (χ3v) is 3.50. The monoisotopic (exact) mass is 274 g/mol. The molecule has 0 unspecified atom stereocenters. The summed E-state index contributed by atoms with van der Waals surface area (Å²) in [4.78, 5) is 8.88. The van der Waals surface area contributed by atoms with E-state index in [0.29, 0.717) is 0 Å². The van der Waals surface area contributed by atoms with Gasteiger partial charge in [-0.3, -0.25) is 9.98 Å². The Balaban J connectivity index is 1.83. The van der Waals surface area contributed by atoms with Crippen LogP contribution in [0.1, 0.15) is 24.0 Å². The first-order valence-corrected chi connectivity index (χ1v) is 7.31. The topological polar surface area (TPSA) is 25.2 Å². The molecule has 0 spiro atoms. The normalized spacial score (nSPS) is 17.1.